The van der Waals surface area contributed by atoms with Crippen molar-refractivity contribution in [1.82, 2.24) is 5.32 Å². The minimum absolute atomic E-state index is 0.180. The number of nitrogens with one attached hydrogen (secondary N) is 1. The standard InChI is InChI=1S/C16H20FNO2/c1-2-18-16(11-5-7-19-8-6-11)15-10-12-9-13(17)3-4-14(12)20-15/h3-4,9-11,16,18H,2,5-8H2,1H3. The summed E-state index contributed by atoms with van der Waals surface area (Å²) in [6.45, 7) is 4.59. The topological polar surface area (TPSA) is 34.4 Å². The van der Waals surface area contributed by atoms with Gasteiger partial charge >= 0.3 is 0 Å². The van der Waals surface area contributed by atoms with Gasteiger partial charge in [0.1, 0.15) is 17.2 Å². The first-order chi connectivity index (χ1) is 9.78. The summed E-state index contributed by atoms with van der Waals surface area (Å²) in [6.07, 6.45) is 2.06. The largest absolute Gasteiger partial charge is 0.459 e. The summed E-state index contributed by atoms with van der Waals surface area (Å²) in [5.41, 5.74) is 0.747. The van der Waals surface area contributed by atoms with Crippen molar-refractivity contribution < 1.29 is 13.5 Å². The van der Waals surface area contributed by atoms with Crippen LogP contribution in [0.1, 0.15) is 31.6 Å². The van der Waals surface area contributed by atoms with Crippen LogP contribution in [-0.4, -0.2) is 19.8 Å². The molecule has 0 spiro atoms. The minimum Gasteiger partial charge on any atom is -0.459 e. The van der Waals surface area contributed by atoms with Crippen molar-refractivity contribution in [2.75, 3.05) is 19.8 Å². The van der Waals surface area contributed by atoms with Gasteiger partial charge in [-0.1, -0.05) is 6.92 Å². The molecule has 20 heavy (non-hydrogen) atoms. The summed E-state index contributed by atoms with van der Waals surface area (Å²) < 4.78 is 24.6. The summed E-state index contributed by atoms with van der Waals surface area (Å²) in [5.74, 6) is 1.18. The molecule has 1 atom stereocenters. The van der Waals surface area contributed by atoms with E-state index in [-0.39, 0.29) is 11.9 Å². The molecule has 3 nitrogen and oxygen atoms in total. The Morgan fingerprint density at radius 2 is 2.10 bits per heavy atom. The van der Waals surface area contributed by atoms with Gasteiger partial charge in [-0.15, -0.1) is 0 Å². The fourth-order valence-electron chi connectivity index (χ4n) is 2.96. The van der Waals surface area contributed by atoms with Crippen LogP contribution in [0.2, 0.25) is 0 Å². The normalized spacial score (nSPS) is 18.5. The van der Waals surface area contributed by atoms with E-state index < -0.39 is 0 Å². The molecule has 1 fully saturated rings. The van der Waals surface area contributed by atoms with Gasteiger partial charge in [0.15, 0.2) is 0 Å². The lowest BCUT2D eigenvalue weighted by atomic mass is 9.90. The van der Waals surface area contributed by atoms with Crippen LogP contribution in [-0.2, 0) is 4.74 Å². The zero-order valence-electron chi connectivity index (χ0n) is 11.7. The molecule has 0 bridgehead atoms. The highest BCUT2D eigenvalue weighted by molar-refractivity contribution is 5.78. The van der Waals surface area contributed by atoms with E-state index in [4.69, 9.17) is 9.15 Å². The number of hydrogen-bond donors (Lipinski definition) is 1. The summed E-state index contributed by atoms with van der Waals surface area (Å²) in [5, 5.41) is 4.33. The number of furan rings is 1. The highest BCUT2D eigenvalue weighted by Gasteiger charge is 2.27. The van der Waals surface area contributed by atoms with E-state index in [9.17, 15) is 4.39 Å². The Hall–Kier alpha value is -1.39. The summed E-state index contributed by atoms with van der Waals surface area (Å²) >= 11 is 0. The molecule has 3 rings (SSSR count). The molecule has 1 N–H and O–H groups in total. The van der Waals surface area contributed by atoms with Crippen molar-refractivity contribution in [3.8, 4) is 0 Å². The lowest BCUT2D eigenvalue weighted by Crippen LogP contribution is -2.31. The zero-order valence-corrected chi connectivity index (χ0v) is 11.7. The van der Waals surface area contributed by atoms with Crippen LogP contribution in [0.15, 0.2) is 28.7 Å². The van der Waals surface area contributed by atoms with Gasteiger partial charge in [-0.2, -0.15) is 0 Å². The average molecular weight is 277 g/mol. The maximum Gasteiger partial charge on any atom is 0.134 e. The Bertz CT molecular complexity index is 575. The van der Waals surface area contributed by atoms with Crippen molar-refractivity contribution >= 4 is 11.0 Å². The number of fused-ring (bicyclic) bond motifs is 1. The van der Waals surface area contributed by atoms with Gasteiger partial charge < -0.3 is 14.5 Å². The molecular formula is C16H20FNO2. The Balaban J connectivity index is 1.91. The Morgan fingerprint density at radius 1 is 1.30 bits per heavy atom. The fourth-order valence-corrected chi connectivity index (χ4v) is 2.96. The van der Waals surface area contributed by atoms with E-state index in [2.05, 4.69) is 12.2 Å². The third-order valence-electron chi connectivity index (χ3n) is 3.97. The van der Waals surface area contributed by atoms with Crippen LogP contribution in [0, 0.1) is 11.7 Å². The van der Waals surface area contributed by atoms with E-state index in [0.717, 1.165) is 49.3 Å². The Morgan fingerprint density at radius 3 is 2.85 bits per heavy atom. The van der Waals surface area contributed by atoms with Crippen LogP contribution in [0.4, 0.5) is 4.39 Å². The van der Waals surface area contributed by atoms with Gasteiger partial charge in [0, 0.05) is 18.6 Å². The SMILES string of the molecule is CCNC(c1cc2cc(F)ccc2o1)C1CCOCC1. The molecule has 2 aromatic rings. The smallest absolute Gasteiger partial charge is 0.134 e. The average Bonchev–Trinajstić information content (AvgIpc) is 2.88. The van der Waals surface area contributed by atoms with Crippen LogP contribution in [0.5, 0.6) is 0 Å². The molecule has 1 aromatic carbocycles. The molecule has 2 heterocycles. The van der Waals surface area contributed by atoms with Gasteiger partial charge in [-0.3, -0.25) is 0 Å². The second-order valence-corrected chi connectivity index (χ2v) is 5.32. The second kappa shape index (κ2) is 5.94. The third-order valence-corrected chi connectivity index (χ3v) is 3.97. The van der Waals surface area contributed by atoms with E-state index in [1.54, 1.807) is 6.07 Å². The number of rotatable bonds is 4. The molecule has 0 amide bonds. The highest BCUT2D eigenvalue weighted by Crippen LogP contribution is 2.33. The summed E-state index contributed by atoms with van der Waals surface area (Å²) in [7, 11) is 0. The molecule has 0 radical (unpaired) electrons. The van der Waals surface area contributed by atoms with E-state index in [1.807, 2.05) is 6.07 Å². The lowest BCUT2D eigenvalue weighted by molar-refractivity contribution is 0.0511. The monoisotopic (exact) mass is 277 g/mol. The van der Waals surface area contributed by atoms with Crippen LogP contribution in [0.25, 0.3) is 11.0 Å². The van der Waals surface area contributed by atoms with Crippen LogP contribution < -0.4 is 5.32 Å². The van der Waals surface area contributed by atoms with Gasteiger partial charge in [0.05, 0.1) is 6.04 Å². The predicted octanol–water partition coefficient (Wildman–Crippen LogP) is 3.65. The first-order valence-corrected chi connectivity index (χ1v) is 7.28. The molecule has 108 valence electrons. The predicted molar refractivity (Wildman–Crippen MR) is 76.1 cm³/mol. The molecule has 0 saturated carbocycles. The zero-order chi connectivity index (χ0) is 13.9. The third kappa shape index (κ3) is 2.72. The lowest BCUT2D eigenvalue weighted by Gasteiger charge is -2.29. The quantitative estimate of drug-likeness (QED) is 0.926. The second-order valence-electron chi connectivity index (χ2n) is 5.32. The van der Waals surface area contributed by atoms with E-state index in [1.165, 1.54) is 12.1 Å². The molecule has 1 aliphatic heterocycles. The van der Waals surface area contributed by atoms with Gasteiger partial charge in [0.25, 0.3) is 0 Å². The first kappa shape index (κ1) is 13.6. The molecule has 1 aliphatic rings. The molecule has 1 saturated heterocycles. The number of benzene rings is 1. The van der Waals surface area contributed by atoms with E-state index in [0.29, 0.717) is 5.92 Å². The van der Waals surface area contributed by atoms with Gasteiger partial charge in [0.2, 0.25) is 0 Å². The number of halogens is 1. The van der Waals surface area contributed by atoms with E-state index >= 15 is 0 Å². The molecule has 4 heteroatoms. The van der Waals surface area contributed by atoms with Crippen LogP contribution in [0.3, 0.4) is 0 Å². The van der Waals surface area contributed by atoms with Gasteiger partial charge in [-0.25, -0.2) is 4.39 Å². The number of ether oxygens (including phenoxy) is 1. The number of hydrogen-bond acceptors (Lipinski definition) is 3. The maximum atomic E-state index is 13.3. The summed E-state index contributed by atoms with van der Waals surface area (Å²) in [4.78, 5) is 0. The Kier molecular flexibility index (Phi) is 4.03. The first-order valence-electron chi connectivity index (χ1n) is 7.28. The molecular weight excluding hydrogens is 257 g/mol. The van der Waals surface area contributed by atoms with Gasteiger partial charge in [-0.05, 0) is 49.6 Å². The van der Waals surface area contributed by atoms with Crippen LogP contribution >= 0.6 is 0 Å². The fraction of sp³-hybridized carbons (Fsp3) is 0.500. The van der Waals surface area contributed by atoms with Crippen molar-refractivity contribution in [3.05, 3.63) is 35.8 Å². The minimum atomic E-state index is -0.226. The van der Waals surface area contributed by atoms with Crippen molar-refractivity contribution in [3.63, 3.8) is 0 Å². The Labute approximate surface area is 118 Å². The van der Waals surface area contributed by atoms with Crippen molar-refractivity contribution in [1.29, 1.82) is 0 Å². The molecule has 1 aromatic heterocycles. The molecule has 0 aliphatic carbocycles. The highest BCUT2D eigenvalue weighted by atomic mass is 19.1. The van der Waals surface area contributed by atoms with Crippen molar-refractivity contribution in [2.45, 2.75) is 25.8 Å². The summed E-state index contributed by atoms with van der Waals surface area (Å²) in [6, 6.07) is 6.80. The van der Waals surface area contributed by atoms with Crippen molar-refractivity contribution in [2.24, 2.45) is 5.92 Å². The maximum absolute atomic E-state index is 13.3. The molecule has 1 unspecified atom stereocenters.